The molecular formula is C21H20N4OS. The van der Waals surface area contributed by atoms with Crippen molar-refractivity contribution >= 4 is 39.8 Å². The molecule has 0 atom stereocenters. The Morgan fingerprint density at radius 1 is 1.04 bits per heavy atom. The molecule has 1 aromatic heterocycles. The summed E-state index contributed by atoms with van der Waals surface area (Å²) in [6.45, 7) is 4.24. The highest BCUT2D eigenvalue weighted by atomic mass is 32.1. The third kappa shape index (κ3) is 3.31. The Morgan fingerprint density at radius 3 is 2.33 bits per heavy atom. The zero-order chi connectivity index (χ0) is 19.0. The van der Waals surface area contributed by atoms with Gasteiger partial charge >= 0.3 is 0 Å². The SMILES string of the molecule is Cc1nc(C2=C(O)CN(c3ccc(Nc4ccccc4)cc3)C2=N)sc1C. The highest BCUT2D eigenvalue weighted by molar-refractivity contribution is 7.13. The molecule has 27 heavy (non-hydrogen) atoms. The van der Waals surface area contributed by atoms with Gasteiger partial charge in [-0.25, -0.2) is 4.98 Å². The van der Waals surface area contributed by atoms with Crippen molar-refractivity contribution in [2.45, 2.75) is 13.8 Å². The molecule has 0 bridgehead atoms. The smallest absolute Gasteiger partial charge is 0.139 e. The van der Waals surface area contributed by atoms with Crippen molar-refractivity contribution in [2.75, 3.05) is 16.8 Å². The van der Waals surface area contributed by atoms with Crippen LogP contribution in [0, 0.1) is 19.3 Å². The van der Waals surface area contributed by atoms with Gasteiger partial charge in [0.15, 0.2) is 0 Å². The minimum absolute atomic E-state index is 0.195. The van der Waals surface area contributed by atoms with E-state index in [1.165, 1.54) is 11.3 Å². The van der Waals surface area contributed by atoms with Crippen molar-refractivity contribution in [3.8, 4) is 0 Å². The molecule has 4 rings (SSSR count). The fourth-order valence-electron chi connectivity index (χ4n) is 3.02. The number of aliphatic hydroxyl groups is 1. The molecule has 136 valence electrons. The van der Waals surface area contributed by atoms with Gasteiger partial charge in [0.1, 0.15) is 16.6 Å². The first kappa shape index (κ1) is 17.3. The number of nitrogens with zero attached hydrogens (tertiary/aromatic N) is 2. The molecule has 0 radical (unpaired) electrons. The van der Waals surface area contributed by atoms with Gasteiger partial charge < -0.3 is 15.3 Å². The van der Waals surface area contributed by atoms with Gasteiger partial charge in [-0.15, -0.1) is 11.3 Å². The van der Waals surface area contributed by atoms with Crippen LogP contribution in [0.2, 0.25) is 0 Å². The minimum atomic E-state index is 0.195. The lowest BCUT2D eigenvalue weighted by molar-refractivity contribution is 0.411. The summed E-state index contributed by atoms with van der Waals surface area (Å²) < 4.78 is 0. The van der Waals surface area contributed by atoms with E-state index < -0.39 is 0 Å². The third-order valence-corrected chi connectivity index (χ3v) is 5.68. The van der Waals surface area contributed by atoms with Crippen molar-refractivity contribution in [2.24, 2.45) is 0 Å². The molecule has 2 heterocycles. The molecule has 3 N–H and O–H groups in total. The van der Waals surface area contributed by atoms with Crippen molar-refractivity contribution in [1.29, 1.82) is 5.41 Å². The number of hydrogen-bond acceptors (Lipinski definition) is 5. The Balaban J connectivity index is 1.54. The van der Waals surface area contributed by atoms with Gasteiger partial charge in [-0.3, -0.25) is 5.41 Å². The second-order valence-electron chi connectivity index (χ2n) is 6.45. The maximum Gasteiger partial charge on any atom is 0.139 e. The quantitative estimate of drug-likeness (QED) is 0.580. The van der Waals surface area contributed by atoms with Crippen molar-refractivity contribution in [1.82, 2.24) is 4.98 Å². The van der Waals surface area contributed by atoms with Crippen LogP contribution in [-0.4, -0.2) is 22.5 Å². The highest BCUT2D eigenvalue weighted by Gasteiger charge is 2.31. The molecule has 1 aliphatic rings. The van der Waals surface area contributed by atoms with Crippen LogP contribution in [0.4, 0.5) is 17.1 Å². The lowest BCUT2D eigenvalue weighted by Crippen LogP contribution is -2.25. The van der Waals surface area contributed by atoms with E-state index in [-0.39, 0.29) is 18.1 Å². The summed E-state index contributed by atoms with van der Waals surface area (Å²) in [7, 11) is 0. The number of para-hydroxylation sites is 1. The monoisotopic (exact) mass is 376 g/mol. The maximum atomic E-state index is 10.4. The number of aliphatic hydroxyl groups excluding tert-OH is 1. The van der Waals surface area contributed by atoms with Crippen LogP contribution in [0.5, 0.6) is 0 Å². The van der Waals surface area contributed by atoms with E-state index in [4.69, 9.17) is 5.41 Å². The average molecular weight is 376 g/mol. The summed E-state index contributed by atoms with van der Waals surface area (Å²) in [6.07, 6.45) is 0. The zero-order valence-electron chi connectivity index (χ0n) is 15.2. The predicted octanol–water partition coefficient (Wildman–Crippen LogP) is 5.27. The van der Waals surface area contributed by atoms with Gasteiger partial charge in [0.05, 0.1) is 17.8 Å². The summed E-state index contributed by atoms with van der Waals surface area (Å²) in [5.41, 5.74) is 4.33. The Bertz CT molecular complexity index is 1000. The molecule has 6 heteroatoms. The molecule has 0 amide bonds. The van der Waals surface area contributed by atoms with Crippen LogP contribution < -0.4 is 10.2 Å². The van der Waals surface area contributed by atoms with Gasteiger partial charge in [-0.1, -0.05) is 18.2 Å². The molecule has 0 fully saturated rings. The number of aryl methyl sites for hydroxylation is 2. The van der Waals surface area contributed by atoms with E-state index in [1.54, 1.807) is 4.90 Å². The van der Waals surface area contributed by atoms with Crippen LogP contribution in [0.25, 0.3) is 5.57 Å². The topological polar surface area (TPSA) is 72.2 Å². The van der Waals surface area contributed by atoms with E-state index in [9.17, 15) is 5.11 Å². The second kappa shape index (κ2) is 6.89. The molecule has 0 aliphatic carbocycles. The molecule has 0 spiro atoms. The molecule has 2 aromatic carbocycles. The van der Waals surface area contributed by atoms with Crippen LogP contribution in [0.3, 0.4) is 0 Å². The lowest BCUT2D eigenvalue weighted by Gasteiger charge is -2.19. The Hall–Kier alpha value is -3.12. The number of nitrogens with one attached hydrogen (secondary N) is 2. The average Bonchev–Trinajstić information content (AvgIpc) is 3.14. The number of anilines is 3. The molecular weight excluding hydrogens is 356 g/mol. The van der Waals surface area contributed by atoms with Gasteiger partial charge in [-0.2, -0.15) is 0 Å². The number of amidine groups is 1. The molecule has 3 aromatic rings. The number of hydrogen-bond donors (Lipinski definition) is 3. The molecule has 0 unspecified atom stereocenters. The van der Waals surface area contributed by atoms with Crippen molar-refractivity contribution in [3.63, 3.8) is 0 Å². The first-order valence-corrected chi connectivity index (χ1v) is 9.49. The fourth-order valence-corrected chi connectivity index (χ4v) is 4.00. The Labute approximate surface area is 162 Å². The van der Waals surface area contributed by atoms with Gasteiger partial charge in [0, 0.05) is 21.9 Å². The zero-order valence-corrected chi connectivity index (χ0v) is 16.0. The lowest BCUT2D eigenvalue weighted by atomic mass is 10.2. The largest absolute Gasteiger partial charge is 0.510 e. The predicted molar refractivity (Wildman–Crippen MR) is 112 cm³/mol. The third-order valence-electron chi connectivity index (χ3n) is 4.59. The summed E-state index contributed by atoms with van der Waals surface area (Å²) >= 11 is 1.51. The molecule has 0 saturated carbocycles. The minimum Gasteiger partial charge on any atom is -0.510 e. The van der Waals surface area contributed by atoms with Crippen molar-refractivity contribution in [3.05, 3.63) is 75.9 Å². The van der Waals surface area contributed by atoms with E-state index in [0.29, 0.717) is 10.6 Å². The fraction of sp³-hybridized carbons (Fsp3) is 0.143. The molecule has 5 nitrogen and oxygen atoms in total. The number of aromatic nitrogens is 1. The standard InChI is InChI=1S/C21H20N4OS/c1-13-14(2)27-21(23-13)19-18(26)12-25(20(19)22)17-10-8-16(9-11-17)24-15-6-4-3-5-7-15/h3-11,22,24,26H,12H2,1-2H3. The number of rotatable bonds is 4. The first-order valence-electron chi connectivity index (χ1n) is 8.68. The van der Waals surface area contributed by atoms with E-state index >= 15 is 0 Å². The van der Waals surface area contributed by atoms with Crippen LogP contribution >= 0.6 is 11.3 Å². The van der Waals surface area contributed by atoms with E-state index in [1.807, 2.05) is 68.4 Å². The summed E-state index contributed by atoms with van der Waals surface area (Å²) in [4.78, 5) is 7.40. The molecule has 0 saturated heterocycles. The Morgan fingerprint density at radius 2 is 1.70 bits per heavy atom. The molecule has 1 aliphatic heterocycles. The maximum absolute atomic E-state index is 10.4. The number of benzene rings is 2. The normalized spacial score (nSPS) is 14.1. The van der Waals surface area contributed by atoms with Crippen molar-refractivity contribution < 1.29 is 5.11 Å². The highest BCUT2D eigenvalue weighted by Crippen LogP contribution is 2.34. The summed E-state index contributed by atoms with van der Waals surface area (Å²) in [5.74, 6) is 0.477. The summed E-state index contributed by atoms with van der Waals surface area (Å²) in [6, 6.07) is 17.8. The second-order valence-corrected chi connectivity index (χ2v) is 7.66. The van der Waals surface area contributed by atoms with Gasteiger partial charge in [0.25, 0.3) is 0 Å². The van der Waals surface area contributed by atoms with Crippen LogP contribution in [0.15, 0.2) is 60.4 Å². The Kier molecular flexibility index (Phi) is 4.41. The number of thiazole rings is 1. The van der Waals surface area contributed by atoms with Gasteiger partial charge in [0.2, 0.25) is 0 Å². The first-order chi connectivity index (χ1) is 13.0. The van der Waals surface area contributed by atoms with Gasteiger partial charge in [-0.05, 0) is 50.2 Å². The van der Waals surface area contributed by atoms with Crippen LogP contribution in [-0.2, 0) is 0 Å². The van der Waals surface area contributed by atoms with Crippen LogP contribution in [0.1, 0.15) is 15.6 Å². The van der Waals surface area contributed by atoms with E-state index in [2.05, 4.69) is 10.3 Å². The van der Waals surface area contributed by atoms with E-state index in [0.717, 1.165) is 27.6 Å². The summed E-state index contributed by atoms with van der Waals surface area (Å²) in [5, 5.41) is 23.0.